The van der Waals surface area contributed by atoms with Crippen LogP contribution in [0.15, 0.2) is 18.2 Å². The van der Waals surface area contributed by atoms with Crippen LogP contribution in [0.5, 0.6) is 0 Å². The number of anilines is 1. The summed E-state index contributed by atoms with van der Waals surface area (Å²) in [6, 6.07) is 6.45. The van der Waals surface area contributed by atoms with Gasteiger partial charge in [-0.3, -0.25) is 0 Å². The highest BCUT2D eigenvalue weighted by Crippen LogP contribution is 2.33. The summed E-state index contributed by atoms with van der Waals surface area (Å²) >= 11 is 1.85. The number of thiazole rings is 1. The number of benzene rings is 1. The van der Waals surface area contributed by atoms with Gasteiger partial charge < -0.3 is 15.4 Å². The molecular weight excluding hydrogens is 282 g/mol. The maximum absolute atomic E-state index is 5.54. The van der Waals surface area contributed by atoms with Gasteiger partial charge in [0.15, 0.2) is 0 Å². The molecule has 1 aliphatic rings. The molecule has 5 heteroatoms. The smallest absolute Gasteiger partial charge is 0.0939 e. The monoisotopic (exact) mass is 305 g/mol. The summed E-state index contributed by atoms with van der Waals surface area (Å²) < 4.78 is 6.78. The van der Waals surface area contributed by atoms with Crippen molar-refractivity contribution >= 4 is 27.2 Å². The van der Waals surface area contributed by atoms with E-state index < -0.39 is 0 Å². The van der Waals surface area contributed by atoms with Crippen LogP contribution in [0.2, 0.25) is 0 Å². The molecule has 0 spiro atoms. The molecule has 0 amide bonds. The first-order valence-corrected chi connectivity index (χ1v) is 8.61. The predicted octanol–water partition coefficient (Wildman–Crippen LogP) is 2.80. The Morgan fingerprint density at radius 2 is 2.05 bits per heavy atom. The van der Waals surface area contributed by atoms with Crippen molar-refractivity contribution in [2.75, 3.05) is 37.7 Å². The summed E-state index contributed by atoms with van der Waals surface area (Å²) in [5.41, 5.74) is 8.00. The van der Waals surface area contributed by atoms with Gasteiger partial charge in [0, 0.05) is 13.1 Å². The number of aryl methyl sites for hydroxylation is 1. The molecule has 0 saturated carbocycles. The van der Waals surface area contributed by atoms with Crippen LogP contribution in [0.25, 0.3) is 10.2 Å². The first-order valence-electron chi connectivity index (χ1n) is 7.79. The number of nitrogens with zero attached hydrogens (tertiary/aromatic N) is 2. The Bertz CT molecular complexity index is 578. The van der Waals surface area contributed by atoms with Crippen LogP contribution < -0.4 is 10.6 Å². The van der Waals surface area contributed by atoms with E-state index in [0.717, 1.165) is 51.2 Å². The van der Waals surface area contributed by atoms with Gasteiger partial charge in [-0.25, -0.2) is 4.98 Å². The van der Waals surface area contributed by atoms with E-state index in [2.05, 4.69) is 23.1 Å². The van der Waals surface area contributed by atoms with Crippen LogP contribution in [0, 0.1) is 0 Å². The van der Waals surface area contributed by atoms with Gasteiger partial charge in [0.25, 0.3) is 0 Å². The zero-order valence-corrected chi connectivity index (χ0v) is 13.2. The molecule has 1 aromatic heterocycles. The third-order valence-corrected chi connectivity index (χ3v) is 5.04. The van der Waals surface area contributed by atoms with Crippen LogP contribution in [0.1, 0.15) is 24.3 Å². The van der Waals surface area contributed by atoms with E-state index in [-0.39, 0.29) is 0 Å². The predicted molar refractivity (Wildman–Crippen MR) is 89.3 cm³/mol. The van der Waals surface area contributed by atoms with Gasteiger partial charge in [0.1, 0.15) is 0 Å². The molecule has 21 heavy (non-hydrogen) atoms. The Hall–Kier alpha value is -1.17. The second kappa shape index (κ2) is 7.20. The number of unbranched alkanes of at least 4 members (excludes halogenated alkanes) is 2. The lowest BCUT2D eigenvalue weighted by atomic mass is 10.2. The molecule has 0 radical (unpaired) electrons. The van der Waals surface area contributed by atoms with Crippen LogP contribution in [0.4, 0.5) is 5.69 Å². The van der Waals surface area contributed by atoms with E-state index in [1.807, 2.05) is 11.3 Å². The van der Waals surface area contributed by atoms with E-state index in [9.17, 15) is 0 Å². The molecule has 0 aliphatic carbocycles. The molecule has 0 bridgehead atoms. The number of morpholine rings is 1. The largest absolute Gasteiger partial charge is 0.378 e. The number of rotatable bonds is 6. The standard InChI is InChI=1S/C16H23N3OS/c17-8-3-1-2-7-15-18-13-5-4-6-14(16(13)21-15)19-9-11-20-12-10-19/h4-6H,1-3,7-12,17H2. The normalized spacial score (nSPS) is 15.8. The van der Waals surface area contributed by atoms with Crippen molar-refractivity contribution in [1.82, 2.24) is 4.98 Å². The quantitative estimate of drug-likeness (QED) is 0.834. The minimum atomic E-state index is 0.793. The highest BCUT2D eigenvalue weighted by atomic mass is 32.1. The fourth-order valence-corrected chi connectivity index (χ4v) is 3.88. The molecule has 4 nitrogen and oxygen atoms in total. The molecule has 0 unspecified atom stereocenters. The second-order valence-electron chi connectivity index (χ2n) is 5.43. The molecule has 3 rings (SSSR count). The summed E-state index contributed by atoms with van der Waals surface area (Å²) in [4.78, 5) is 7.21. The first-order chi connectivity index (χ1) is 10.4. The van der Waals surface area contributed by atoms with Gasteiger partial charge in [-0.05, 0) is 37.9 Å². The van der Waals surface area contributed by atoms with Crippen molar-refractivity contribution < 1.29 is 4.74 Å². The van der Waals surface area contributed by atoms with Gasteiger partial charge in [0.2, 0.25) is 0 Å². The van der Waals surface area contributed by atoms with Crippen LogP contribution in [-0.4, -0.2) is 37.8 Å². The highest BCUT2D eigenvalue weighted by Gasteiger charge is 2.16. The summed E-state index contributed by atoms with van der Waals surface area (Å²) in [7, 11) is 0. The zero-order chi connectivity index (χ0) is 14.5. The van der Waals surface area contributed by atoms with Crippen molar-refractivity contribution in [2.45, 2.75) is 25.7 Å². The van der Waals surface area contributed by atoms with Gasteiger partial charge in [-0.15, -0.1) is 11.3 Å². The lowest BCUT2D eigenvalue weighted by Crippen LogP contribution is -2.36. The molecule has 114 valence electrons. The minimum absolute atomic E-state index is 0.793. The van der Waals surface area contributed by atoms with Crippen molar-refractivity contribution in [3.8, 4) is 0 Å². The second-order valence-corrected chi connectivity index (χ2v) is 6.52. The SMILES string of the molecule is NCCCCCc1nc2cccc(N3CCOCC3)c2s1. The first kappa shape index (κ1) is 14.8. The molecular formula is C16H23N3OS. The minimum Gasteiger partial charge on any atom is -0.378 e. The number of aromatic nitrogens is 1. The zero-order valence-electron chi connectivity index (χ0n) is 12.4. The van der Waals surface area contributed by atoms with Gasteiger partial charge >= 0.3 is 0 Å². The third kappa shape index (κ3) is 3.54. The Morgan fingerprint density at radius 1 is 1.19 bits per heavy atom. The van der Waals surface area contributed by atoms with Gasteiger partial charge in [-0.2, -0.15) is 0 Å². The van der Waals surface area contributed by atoms with Crippen LogP contribution in [0.3, 0.4) is 0 Å². The summed E-state index contributed by atoms with van der Waals surface area (Å²) in [5, 5.41) is 1.25. The molecule has 1 saturated heterocycles. The number of ether oxygens (including phenoxy) is 1. The van der Waals surface area contributed by atoms with E-state index in [4.69, 9.17) is 15.5 Å². The van der Waals surface area contributed by atoms with Crippen molar-refractivity contribution in [3.05, 3.63) is 23.2 Å². The van der Waals surface area contributed by atoms with E-state index >= 15 is 0 Å². The Balaban J connectivity index is 1.76. The molecule has 0 atom stereocenters. The van der Waals surface area contributed by atoms with E-state index in [1.165, 1.54) is 28.2 Å². The lowest BCUT2D eigenvalue weighted by Gasteiger charge is -2.29. The Labute approximate surface area is 129 Å². The summed E-state index contributed by atoms with van der Waals surface area (Å²) in [6.45, 7) is 4.38. The maximum Gasteiger partial charge on any atom is 0.0939 e. The topological polar surface area (TPSA) is 51.4 Å². The average molecular weight is 305 g/mol. The fraction of sp³-hybridized carbons (Fsp3) is 0.562. The van der Waals surface area contributed by atoms with Gasteiger partial charge in [0.05, 0.1) is 34.1 Å². The van der Waals surface area contributed by atoms with E-state index in [0.29, 0.717) is 0 Å². The van der Waals surface area contributed by atoms with Crippen LogP contribution in [-0.2, 0) is 11.2 Å². The number of nitrogens with two attached hydrogens (primary N) is 1. The number of hydrogen-bond donors (Lipinski definition) is 1. The number of hydrogen-bond acceptors (Lipinski definition) is 5. The Kier molecular flexibility index (Phi) is 5.06. The molecule has 2 heterocycles. The summed E-state index contributed by atoms with van der Waals surface area (Å²) in [5.74, 6) is 0. The lowest BCUT2D eigenvalue weighted by molar-refractivity contribution is 0.123. The van der Waals surface area contributed by atoms with Gasteiger partial charge in [-0.1, -0.05) is 12.5 Å². The maximum atomic E-state index is 5.54. The average Bonchev–Trinajstić information content (AvgIpc) is 2.95. The van der Waals surface area contributed by atoms with Crippen molar-refractivity contribution in [3.63, 3.8) is 0 Å². The fourth-order valence-electron chi connectivity index (χ4n) is 2.74. The molecule has 1 fully saturated rings. The van der Waals surface area contributed by atoms with Crippen molar-refractivity contribution in [2.24, 2.45) is 5.73 Å². The molecule has 2 aromatic rings. The van der Waals surface area contributed by atoms with Crippen molar-refractivity contribution in [1.29, 1.82) is 0 Å². The number of fused-ring (bicyclic) bond motifs is 1. The van der Waals surface area contributed by atoms with Crippen LogP contribution >= 0.6 is 11.3 Å². The highest BCUT2D eigenvalue weighted by molar-refractivity contribution is 7.19. The van der Waals surface area contributed by atoms with E-state index in [1.54, 1.807) is 0 Å². The Morgan fingerprint density at radius 3 is 2.86 bits per heavy atom. The third-order valence-electron chi connectivity index (χ3n) is 3.89. The molecule has 1 aromatic carbocycles. The molecule has 2 N–H and O–H groups in total. The molecule has 1 aliphatic heterocycles. The summed E-state index contributed by atoms with van der Waals surface area (Å²) in [6.07, 6.45) is 4.57.